The van der Waals surface area contributed by atoms with Gasteiger partial charge in [-0.15, -0.1) is 0 Å². The minimum atomic E-state index is 0.304. The maximum atomic E-state index is 12.3. The van der Waals surface area contributed by atoms with Gasteiger partial charge >= 0.3 is 0 Å². The molecule has 1 aromatic carbocycles. The van der Waals surface area contributed by atoms with Gasteiger partial charge in [-0.2, -0.15) is 0 Å². The van der Waals surface area contributed by atoms with Crippen molar-refractivity contribution >= 4 is 5.91 Å². The highest BCUT2D eigenvalue weighted by molar-refractivity contribution is 5.76. The second-order valence-electron chi connectivity index (χ2n) is 6.05. The van der Waals surface area contributed by atoms with Crippen molar-refractivity contribution in [3.05, 3.63) is 29.8 Å². The number of carbonyl (C=O) groups is 1. The minimum Gasteiger partial charge on any atom is -0.494 e. The first-order chi connectivity index (χ1) is 10.3. The zero-order valence-electron chi connectivity index (χ0n) is 12.7. The number of rotatable bonds is 5. The van der Waals surface area contributed by atoms with Gasteiger partial charge < -0.3 is 15.0 Å². The highest BCUT2D eigenvalue weighted by Crippen LogP contribution is 2.26. The molecule has 0 aliphatic carbocycles. The number of benzene rings is 1. The summed E-state index contributed by atoms with van der Waals surface area (Å²) in [5.41, 5.74) is 1.20. The molecule has 1 amide bonds. The van der Waals surface area contributed by atoms with E-state index < -0.39 is 0 Å². The van der Waals surface area contributed by atoms with E-state index in [1.807, 2.05) is 19.1 Å². The third kappa shape index (κ3) is 3.38. The molecule has 114 valence electrons. The zero-order valence-corrected chi connectivity index (χ0v) is 12.7. The summed E-state index contributed by atoms with van der Waals surface area (Å²) >= 11 is 0. The van der Waals surface area contributed by atoms with Crippen LogP contribution < -0.4 is 10.1 Å². The summed E-state index contributed by atoms with van der Waals surface area (Å²) in [6.07, 6.45) is 1.43. The summed E-state index contributed by atoms with van der Waals surface area (Å²) in [6, 6.07) is 8.08. The van der Waals surface area contributed by atoms with Crippen LogP contribution in [0.5, 0.6) is 5.75 Å². The van der Waals surface area contributed by atoms with E-state index in [0.717, 1.165) is 38.3 Å². The van der Waals surface area contributed by atoms with Gasteiger partial charge in [0, 0.05) is 32.6 Å². The average molecular weight is 288 g/mol. The first-order valence-electron chi connectivity index (χ1n) is 7.96. The quantitative estimate of drug-likeness (QED) is 0.896. The lowest BCUT2D eigenvalue weighted by Crippen LogP contribution is -2.31. The highest BCUT2D eigenvalue weighted by atomic mass is 16.5. The summed E-state index contributed by atoms with van der Waals surface area (Å²) in [5.74, 6) is 2.56. The van der Waals surface area contributed by atoms with Gasteiger partial charge in [0.1, 0.15) is 5.75 Å². The van der Waals surface area contributed by atoms with Crippen LogP contribution >= 0.6 is 0 Å². The highest BCUT2D eigenvalue weighted by Gasteiger charge is 2.37. The molecular formula is C17H24N2O2. The molecule has 0 spiro atoms. The van der Waals surface area contributed by atoms with Crippen LogP contribution in [-0.4, -0.2) is 43.6 Å². The minimum absolute atomic E-state index is 0.304. The Balaban J connectivity index is 1.47. The van der Waals surface area contributed by atoms with Crippen LogP contribution in [0.25, 0.3) is 0 Å². The number of fused-ring (bicyclic) bond motifs is 1. The van der Waals surface area contributed by atoms with E-state index in [4.69, 9.17) is 4.74 Å². The number of hydrogen-bond donors (Lipinski definition) is 1. The molecule has 4 heteroatoms. The van der Waals surface area contributed by atoms with Crippen LogP contribution in [0.15, 0.2) is 24.3 Å². The van der Waals surface area contributed by atoms with Crippen molar-refractivity contribution in [3.8, 4) is 5.75 Å². The van der Waals surface area contributed by atoms with Gasteiger partial charge in [-0.1, -0.05) is 12.1 Å². The van der Waals surface area contributed by atoms with E-state index in [-0.39, 0.29) is 0 Å². The summed E-state index contributed by atoms with van der Waals surface area (Å²) in [7, 11) is 0. The summed E-state index contributed by atoms with van der Waals surface area (Å²) in [4.78, 5) is 14.4. The molecule has 0 bridgehead atoms. The van der Waals surface area contributed by atoms with Crippen molar-refractivity contribution in [1.29, 1.82) is 0 Å². The molecule has 1 N–H and O–H groups in total. The molecule has 0 saturated carbocycles. The predicted octanol–water partition coefficient (Wildman–Crippen LogP) is 1.70. The van der Waals surface area contributed by atoms with E-state index >= 15 is 0 Å². The van der Waals surface area contributed by atoms with Gasteiger partial charge in [-0.05, 0) is 42.9 Å². The molecule has 3 rings (SSSR count). The molecule has 2 atom stereocenters. The predicted molar refractivity (Wildman–Crippen MR) is 82.4 cm³/mol. The normalized spacial score (nSPS) is 24.1. The fourth-order valence-electron chi connectivity index (χ4n) is 3.39. The SMILES string of the molecule is CCOc1ccc(CCC(=O)N2C[C@H]3CNC[C@H]3C2)cc1. The summed E-state index contributed by atoms with van der Waals surface area (Å²) in [6.45, 7) is 6.71. The standard InChI is InChI=1S/C17H24N2O2/c1-2-21-16-6-3-13(4-7-16)5-8-17(20)19-11-14-9-18-10-15(14)12-19/h3-4,6-7,14-15,18H,2,5,8-12H2,1H3/t14-,15+. The topological polar surface area (TPSA) is 41.6 Å². The molecule has 1 aromatic rings. The zero-order chi connectivity index (χ0) is 14.7. The first-order valence-corrected chi connectivity index (χ1v) is 7.96. The van der Waals surface area contributed by atoms with Crippen molar-refractivity contribution < 1.29 is 9.53 Å². The Labute approximate surface area is 126 Å². The number of aryl methyl sites for hydroxylation is 1. The Hall–Kier alpha value is -1.55. The van der Waals surface area contributed by atoms with Gasteiger partial charge in [0.15, 0.2) is 0 Å². The van der Waals surface area contributed by atoms with E-state index in [0.29, 0.717) is 30.8 Å². The molecule has 21 heavy (non-hydrogen) atoms. The van der Waals surface area contributed by atoms with Gasteiger partial charge in [0.2, 0.25) is 5.91 Å². The van der Waals surface area contributed by atoms with Crippen LogP contribution in [0.3, 0.4) is 0 Å². The number of carbonyl (C=O) groups excluding carboxylic acids is 1. The Bertz CT molecular complexity index is 474. The fourth-order valence-corrected chi connectivity index (χ4v) is 3.39. The first kappa shape index (κ1) is 14.4. The van der Waals surface area contributed by atoms with Crippen LogP contribution in [0, 0.1) is 11.8 Å². The van der Waals surface area contributed by atoms with Crippen LogP contribution in [0.2, 0.25) is 0 Å². The van der Waals surface area contributed by atoms with Crippen LogP contribution in [0.1, 0.15) is 18.9 Å². The molecule has 4 nitrogen and oxygen atoms in total. The lowest BCUT2D eigenvalue weighted by atomic mass is 10.0. The monoisotopic (exact) mass is 288 g/mol. The van der Waals surface area contributed by atoms with E-state index in [1.54, 1.807) is 0 Å². The number of nitrogens with zero attached hydrogens (tertiary/aromatic N) is 1. The average Bonchev–Trinajstić information content (AvgIpc) is 3.08. The molecule has 2 aliphatic heterocycles. The molecule has 2 heterocycles. The number of likely N-dealkylation sites (tertiary alicyclic amines) is 1. The lowest BCUT2D eigenvalue weighted by Gasteiger charge is -2.17. The number of ether oxygens (including phenoxy) is 1. The Morgan fingerprint density at radius 3 is 2.52 bits per heavy atom. The van der Waals surface area contributed by atoms with E-state index in [1.165, 1.54) is 5.56 Å². The van der Waals surface area contributed by atoms with Crippen molar-refractivity contribution in [2.45, 2.75) is 19.8 Å². The summed E-state index contributed by atoms with van der Waals surface area (Å²) in [5, 5.41) is 3.41. The molecule has 2 aliphatic rings. The number of nitrogens with one attached hydrogen (secondary N) is 1. The van der Waals surface area contributed by atoms with Gasteiger partial charge in [0.05, 0.1) is 6.61 Å². The van der Waals surface area contributed by atoms with Crippen molar-refractivity contribution in [2.75, 3.05) is 32.8 Å². The van der Waals surface area contributed by atoms with Gasteiger partial charge in [-0.3, -0.25) is 4.79 Å². The molecule has 2 fully saturated rings. The largest absolute Gasteiger partial charge is 0.494 e. The van der Waals surface area contributed by atoms with Crippen LogP contribution in [0.4, 0.5) is 0 Å². The third-order valence-corrected chi connectivity index (χ3v) is 4.60. The van der Waals surface area contributed by atoms with Crippen molar-refractivity contribution in [2.24, 2.45) is 11.8 Å². The second kappa shape index (κ2) is 6.48. The molecule has 0 radical (unpaired) electrons. The van der Waals surface area contributed by atoms with Gasteiger partial charge in [-0.25, -0.2) is 0 Å². The number of hydrogen-bond acceptors (Lipinski definition) is 3. The third-order valence-electron chi connectivity index (χ3n) is 4.60. The van der Waals surface area contributed by atoms with Crippen LogP contribution in [-0.2, 0) is 11.2 Å². The smallest absolute Gasteiger partial charge is 0.222 e. The summed E-state index contributed by atoms with van der Waals surface area (Å²) < 4.78 is 5.43. The van der Waals surface area contributed by atoms with E-state index in [2.05, 4.69) is 22.3 Å². The maximum Gasteiger partial charge on any atom is 0.222 e. The second-order valence-corrected chi connectivity index (χ2v) is 6.05. The van der Waals surface area contributed by atoms with Crippen molar-refractivity contribution in [1.82, 2.24) is 10.2 Å². The molecule has 0 unspecified atom stereocenters. The van der Waals surface area contributed by atoms with Crippen molar-refractivity contribution in [3.63, 3.8) is 0 Å². The van der Waals surface area contributed by atoms with Gasteiger partial charge in [0.25, 0.3) is 0 Å². The fraction of sp³-hybridized carbons (Fsp3) is 0.588. The number of amides is 1. The molecule has 2 saturated heterocycles. The maximum absolute atomic E-state index is 12.3. The molecular weight excluding hydrogens is 264 g/mol. The Morgan fingerprint density at radius 1 is 1.24 bits per heavy atom. The van der Waals surface area contributed by atoms with E-state index in [9.17, 15) is 4.79 Å². The lowest BCUT2D eigenvalue weighted by molar-refractivity contribution is -0.130. The Kier molecular flexibility index (Phi) is 4.44. The Morgan fingerprint density at radius 2 is 1.90 bits per heavy atom. The molecule has 0 aromatic heterocycles.